The highest BCUT2D eigenvalue weighted by Crippen LogP contribution is 2.29. The number of fused-ring (bicyclic) bond motifs is 1. The van der Waals surface area contributed by atoms with Crippen LogP contribution < -0.4 is 4.90 Å². The lowest BCUT2D eigenvalue weighted by atomic mass is 9.92. The predicted molar refractivity (Wildman–Crippen MR) is 59.5 cm³/mol. The van der Waals surface area contributed by atoms with E-state index < -0.39 is 18.6 Å². The Balaban J connectivity index is 2.29. The van der Waals surface area contributed by atoms with Crippen LogP contribution in [-0.4, -0.2) is 30.8 Å². The summed E-state index contributed by atoms with van der Waals surface area (Å²) in [6.45, 7) is 0.206. The maximum atomic E-state index is 12.4. The van der Waals surface area contributed by atoms with Gasteiger partial charge in [-0.05, 0) is 18.1 Å². The average molecular weight is 223 g/mol. The van der Waals surface area contributed by atoms with Crippen molar-refractivity contribution in [3.63, 3.8) is 0 Å². The first-order valence-electron chi connectivity index (χ1n) is 5.34. The van der Waals surface area contributed by atoms with E-state index >= 15 is 0 Å². The van der Waals surface area contributed by atoms with Gasteiger partial charge in [-0.1, -0.05) is 18.2 Å². The normalized spacial score (nSPS) is 19.3. The lowest BCUT2D eigenvalue weighted by molar-refractivity contribution is -0.141. The molecule has 2 rings (SSSR count). The standard InChI is InChI=1S/C12H14FNO2/c13-5-6-14-8-10(12(15)16)7-9-3-1-2-4-11(9)14/h1-4,10H,5-8H2,(H,15,16). The highest BCUT2D eigenvalue weighted by Gasteiger charge is 2.28. The Labute approximate surface area is 93.5 Å². The molecule has 1 N–H and O–H groups in total. The van der Waals surface area contributed by atoms with Crippen molar-refractivity contribution in [2.45, 2.75) is 6.42 Å². The third-order valence-electron chi connectivity index (χ3n) is 2.94. The van der Waals surface area contributed by atoms with Gasteiger partial charge in [-0.15, -0.1) is 0 Å². The molecule has 0 spiro atoms. The molecular formula is C12H14FNO2. The first-order chi connectivity index (χ1) is 7.72. The lowest BCUT2D eigenvalue weighted by Crippen LogP contribution is -2.39. The van der Waals surface area contributed by atoms with E-state index in [0.717, 1.165) is 11.3 Å². The van der Waals surface area contributed by atoms with Crippen molar-refractivity contribution in [2.24, 2.45) is 5.92 Å². The Morgan fingerprint density at radius 1 is 1.50 bits per heavy atom. The molecule has 0 saturated heterocycles. The summed E-state index contributed by atoms with van der Waals surface area (Å²) >= 11 is 0. The van der Waals surface area contributed by atoms with Crippen molar-refractivity contribution in [2.75, 3.05) is 24.7 Å². The van der Waals surface area contributed by atoms with E-state index in [2.05, 4.69) is 0 Å². The van der Waals surface area contributed by atoms with Gasteiger partial charge in [0.2, 0.25) is 0 Å². The van der Waals surface area contributed by atoms with E-state index in [1.807, 2.05) is 29.2 Å². The van der Waals surface area contributed by atoms with Gasteiger partial charge in [-0.3, -0.25) is 4.79 Å². The highest BCUT2D eigenvalue weighted by atomic mass is 19.1. The van der Waals surface area contributed by atoms with Crippen LogP contribution >= 0.6 is 0 Å². The number of carboxylic acid groups (broad SMARTS) is 1. The van der Waals surface area contributed by atoms with Crippen LogP contribution in [0.4, 0.5) is 10.1 Å². The van der Waals surface area contributed by atoms with Crippen LogP contribution in [-0.2, 0) is 11.2 Å². The minimum atomic E-state index is -0.807. The minimum Gasteiger partial charge on any atom is -0.481 e. The van der Waals surface area contributed by atoms with E-state index in [1.54, 1.807) is 0 Å². The molecule has 1 aliphatic heterocycles. The van der Waals surface area contributed by atoms with Gasteiger partial charge >= 0.3 is 5.97 Å². The van der Waals surface area contributed by atoms with Crippen LogP contribution in [0.2, 0.25) is 0 Å². The fourth-order valence-electron chi connectivity index (χ4n) is 2.17. The zero-order chi connectivity index (χ0) is 11.5. The van der Waals surface area contributed by atoms with E-state index in [-0.39, 0.29) is 6.54 Å². The van der Waals surface area contributed by atoms with Gasteiger partial charge in [0, 0.05) is 18.8 Å². The van der Waals surface area contributed by atoms with Crippen molar-refractivity contribution in [3.8, 4) is 0 Å². The molecule has 1 heterocycles. The number of para-hydroxylation sites is 1. The molecule has 4 heteroatoms. The topological polar surface area (TPSA) is 40.5 Å². The molecule has 0 saturated carbocycles. The van der Waals surface area contributed by atoms with Gasteiger partial charge in [0.15, 0.2) is 0 Å². The summed E-state index contributed by atoms with van der Waals surface area (Å²) in [5.74, 6) is -1.24. The van der Waals surface area contributed by atoms with E-state index in [1.165, 1.54) is 0 Å². The van der Waals surface area contributed by atoms with Crippen molar-refractivity contribution >= 4 is 11.7 Å². The Hall–Kier alpha value is -1.58. The number of alkyl halides is 1. The van der Waals surface area contributed by atoms with Gasteiger partial charge in [0.1, 0.15) is 6.67 Å². The number of carboxylic acids is 1. The number of carbonyl (C=O) groups is 1. The molecule has 1 unspecified atom stereocenters. The molecule has 1 aromatic carbocycles. The van der Waals surface area contributed by atoms with Crippen molar-refractivity contribution in [1.82, 2.24) is 0 Å². The molecular weight excluding hydrogens is 209 g/mol. The van der Waals surface area contributed by atoms with Crippen LogP contribution in [0.1, 0.15) is 5.56 Å². The second kappa shape index (κ2) is 4.51. The first-order valence-corrected chi connectivity index (χ1v) is 5.34. The van der Waals surface area contributed by atoms with Crippen molar-refractivity contribution in [1.29, 1.82) is 0 Å². The minimum absolute atomic E-state index is 0.265. The Bertz CT molecular complexity index is 394. The Kier molecular flexibility index (Phi) is 3.08. The Morgan fingerprint density at radius 3 is 2.94 bits per heavy atom. The molecule has 1 atom stereocenters. The highest BCUT2D eigenvalue weighted by molar-refractivity contribution is 5.73. The van der Waals surface area contributed by atoms with Crippen LogP contribution in [0.3, 0.4) is 0 Å². The number of anilines is 1. The zero-order valence-electron chi connectivity index (χ0n) is 8.90. The summed E-state index contributed by atoms with van der Waals surface area (Å²) in [6, 6.07) is 7.61. The quantitative estimate of drug-likeness (QED) is 0.848. The van der Waals surface area contributed by atoms with Crippen LogP contribution in [0.5, 0.6) is 0 Å². The molecule has 1 aromatic rings. The molecule has 16 heavy (non-hydrogen) atoms. The third-order valence-corrected chi connectivity index (χ3v) is 2.94. The SMILES string of the molecule is O=C(O)C1Cc2ccccc2N(CCF)C1. The molecule has 86 valence electrons. The molecule has 0 aromatic heterocycles. The van der Waals surface area contributed by atoms with E-state index in [4.69, 9.17) is 5.11 Å². The molecule has 0 fully saturated rings. The zero-order valence-corrected chi connectivity index (χ0v) is 8.90. The van der Waals surface area contributed by atoms with E-state index in [9.17, 15) is 9.18 Å². The molecule has 3 nitrogen and oxygen atoms in total. The van der Waals surface area contributed by atoms with Gasteiger partial charge < -0.3 is 10.0 Å². The monoisotopic (exact) mass is 223 g/mol. The largest absolute Gasteiger partial charge is 0.481 e. The summed E-state index contributed by atoms with van der Waals surface area (Å²) in [6.07, 6.45) is 0.536. The van der Waals surface area contributed by atoms with E-state index in [0.29, 0.717) is 13.0 Å². The van der Waals surface area contributed by atoms with Crippen LogP contribution in [0.15, 0.2) is 24.3 Å². The van der Waals surface area contributed by atoms with Gasteiger partial charge in [0.25, 0.3) is 0 Å². The van der Waals surface area contributed by atoms with Crippen molar-refractivity contribution < 1.29 is 14.3 Å². The van der Waals surface area contributed by atoms with Crippen LogP contribution in [0, 0.1) is 5.92 Å². The summed E-state index contributed by atoms with van der Waals surface area (Å²) in [4.78, 5) is 12.8. The summed E-state index contributed by atoms with van der Waals surface area (Å²) < 4.78 is 12.4. The fraction of sp³-hybridized carbons (Fsp3) is 0.417. The summed E-state index contributed by atoms with van der Waals surface area (Å²) in [7, 11) is 0. The molecule has 0 aliphatic carbocycles. The van der Waals surface area contributed by atoms with Gasteiger partial charge in [-0.25, -0.2) is 4.39 Å². The summed E-state index contributed by atoms with van der Waals surface area (Å²) in [5.41, 5.74) is 1.97. The second-order valence-electron chi connectivity index (χ2n) is 4.00. The molecule has 0 bridgehead atoms. The number of hydrogen-bond donors (Lipinski definition) is 1. The number of benzene rings is 1. The van der Waals surface area contributed by atoms with Crippen molar-refractivity contribution in [3.05, 3.63) is 29.8 Å². The number of rotatable bonds is 3. The van der Waals surface area contributed by atoms with Crippen LogP contribution in [0.25, 0.3) is 0 Å². The van der Waals surface area contributed by atoms with Gasteiger partial charge in [-0.2, -0.15) is 0 Å². The number of halogens is 1. The predicted octanol–water partition coefficient (Wildman–Crippen LogP) is 1.72. The molecule has 0 radical (unpaired) electrons. The maximum absolute atomic E-state index is 12.4. The average Bonchev–Trinajstić information content (AvgIpc) is 2.29. The van der Waals surface area contributed by atoms with Gasteiger partial charge in [0.05, 0.1) is 5.92 Å². The third kappa shape index (κ3) is 2.01. The first kappa shape index (κ1) is 10.9. The number of aliphatic carboxylic acids is 1. The fourth-order valence-corrected chi connectivity index (χ4v) is 2.17. The second-order valence-corrected chi connectivity index (χ2v) is 4.00. The molecule has 0 amide bonds. The number of nitrogens with zero attached hydrogens (tertiary/aromatic N) is 1. The maximum Gasteiger partial charge on any atom is 0.308 e. The number of hydrogen-bond acceptors (Lipinski definition) is 2. The smallest absolute Gasteiger partial charge is 0.308 e. The summed E-state index contributed by atoms with van der Waals surface area (Å²) in [5, 5.41) is 9.03. The Morgan fingerprint density at radius 2 is 2.25 bits per heavy atom. The lowest BCUT2D eigenvalue weighted by Gasteiger charge is -2.33. The molecule has 1 aliphatic rings.